The van der Waals surface area contributed by atoms with Crippen molar-refractivity contribution in [2.24, 2.45) is 0 Å². The van der Waals surface area contributed by atoms with E-state index in [1.165, 1.54) is 27.5 Å². The number of sulfone groups is 1. The Morgan fingerprint density at radius 1 is 0.980 bits per heavy atom. The van der Waals surface area contributed by atoms with Crippen molar-refractivity contribution >= 4 is 21.6 Å². The third kappa shape index (κ3) is 8.23. The van der Waals surface area contributed by atoms with E-state index in [1.54, 1.807) is 24.3 Å². The predicted molar refractivity (Wildman–Crippen MR) is 176 cm³/mol. The second-order valence-electron chi connectivity index (χ2n) is 12.3. The summed E-state index contributed by atoms with van der Waals surface area (Å²) in [5.41, 5.74) is 1.93. The van der Waals surface area contributed by atoms with Crippen LogP contribution in [0.3, 0.4) is 0 Å². The van der Waals surface area contributed by atoms with Crippen LogP contribution in [-0.2, 0) is 22.9 Å². The summed E-state index contributed by atoms with van der Waals surface area (Å²) >= 11 is 0. The lowest BCUT2D eigenvalue weighted by Crippen LogP contribution is -2.56. The molecule has 2 fully saturated rings. The van der Waals surface area contributed by atoms with E-state index in [-0.39, 0.29) is 60.2 Å². The van der Waals surface area contributed by atoms with Gasteiger partial charge in [0.2, 0.25) is 5.89 Å². The lowest BCUT2D eigenvalue weighted by atomic mass is 10.1. The summed E-state index contributed by atoms with van der Waals surface area (Å²) in [7, 11) is -3.25. The van der Waals surface area contributed by atoms with Crippen LogP contribution in [0.25, 0.3) is 11.5 Å². The fraction of sp³-hybridized carbons (Fsp3) is 0.382. The number of anilines is 1. The summed E-state index contributed by atoms with van der Waals surface area (Å²) in [6, 6.07) is 21.1. The number of halogens is 3. The molecule has 0 bridgehead atoms. The second-order valence-corrected chi connectivity index (χ2v) is 14.7. The van der Waals surface area contributed by atoms with Crippen molar-refractivity contribution in [3.63, 3.8) is 0 Å². The smallest absolute Gasteiger partial charge is 0.324 e. The number of hydrogen-bond donors (Lipinski definition) is 0. The fourth-order valence-corrected chi connectivity index (χ4v) is 7.29. The van der Waals surface area contributed by atoms with E-state index >= 15 is 4.39 Å². The van der Waals surface area contributed by atoms with Gasteiger partial charge < -0.3 is 14.2 Å². The van der Waals surface area contributed by atoms with Gasteiger partial charge in [0.15, 0.2) is 9.84 Å². The summed E-state index contributed by atoms with van der Waals surface area (Å²) < 4.78 is 70.3. The first-order chi connectivity index (χ1) is 23.5. The van der Waals surface area contributed by atoms with E-state index in [4.69, 9.17) is 9.25 Å². The highest BCUT2D eigenvalue weighted by Crippen LogP contribution is 2.29. The van der Waals surface area contributed by atoms with Crippen molar-refractivity contribution < 1.29 is 35.6 Å². The van der Waals surface area contributed by atoms with Crippen LogP contribution in [0.4, 0.5) is 23.7 Å². The highest BCUT2D eigenvalue weighted by molar-refractivity contribution is 7.91. The Morgan fingerprint density at radius 2 is 1.65 bits per heavy atom. The molecule has 0 radical (unpaired) electrons. The molecule has 0 unspecified atom stereocenters. The maximum absolute atomic E-state index is 15.4. The molecule has 6 rings (SSSR count). The second kappa shape index (κ2) is 14.6. The van der Waals surface area contributed by atoms with Crippen LogP contribution in [-0.4, -0.2) is 89.3 Å². The van der Waals surface area contributed by atoms with Gasteiger partial charge in [-0.2, -0.15) is 8.78 Å². The van der Waals surface area contributed by atoms with Crippen LogP contribution in [0.15, 0.2) is 77.2 Å². The molecule has 2 amide bonds. The number of rotatable bonds is 9. The maximum Gasteiger partial charge on any atom is 0.324 e. The zero-order valence-corrected chi connectivity index (χ0v) is 27.9. The van der Waals surface area contributed by atoms with Crippen molar-refractivity contribution in [1.82, 2.24) is 25.1 Å². The lowest BCUT2D eigenvalue weighted by Gasteiger charge is -2.43. The molecule has 0 aliphatic carbocycles. The number of alkyl halides is 2. The van der Waals surface area contributed by atoms with Crippen LogP contribution in [0.1, 0.15) is 37.3 Å². The molecule has 2 atom stereocenters. The Labute approximate surface area is 282 Å². The summed E-state index contributed by atoms with van der Waals surface area (Å²) in [5.74, 6) is -1.62. The Kier molecular flexibility index (Phi) is 10.2. The first-order valence-electron chi connectivity index (χ1n) is 16.0. The van der Waals surface area contributed by atoms with Crippen molar-refractivity contribution in [1.29, 1.82) is 0 Å². The number of carbonyl (C=O) groups is 1. The van der Waals surface area contributed by atoms with Gasteiger partial charge in [-0.25, -0.2) is 17.6 Å². The Bertz CT molecular complexity index is 1840. The molecule has 0 spiro atoms. The third-order valence-corrected chi connectivity index (χ3v) is 10.4. The number of aromatic nitrogens is 2. The molecule has 1 aromatic heterocycles. The molecule has 2 aliphatic heterocycles. The summed E-state index contributed by atoms with van der Waals surface area (Å²) in [6.07, 6.45) is -2.96. The van der Waals surface area contributed by atoms with Crippen molar-refractivity contribution in [3.05, 3.63) is 95.6 Å². The Morgan fingerprint density at radius 3 is 2.27 bits per heavy atom. The van der Waals surface area contributed by atoms with E-state index < -0.39 is 34.0 Å². The molecule has 260 valence electrons. The van der Waals surface area contributed by atoms with E-state index in [9.17, 15) is 22.0 Å². The molecular formula is C34H37F3N6O5S. The minimum absolute atomic E-state index is 0.0104. The van der Waals surface area contributed by atoms with Gasteiger partial charge in [-0.3, -0.25) is 9.80 Å². The molecule has 0 saturated carbocycles. The van der Waals surface area contributed by atoms with Crippen molar-refractivity contribution in [2.45, 2.75) is 45.4 Å². The summed E-state index contributed by atoms with van der Waals surface area (Å²) in [5, 5.41) is 8.77. The monoisotopic (exact) mass is 698 g/mol. The zero-order chi connectivity index (χ0) is 34.7. The number of benzene rings is 3. The van der Waals surface area contributed by atoms with Crippen LogP contribution >= 0.6 is 0 Å². The number of piperazine rings is 1. The van der Waals surface area contributed by atoms with E-state index in [2.05, 4.69) is 41.1 Å². The topological polar surface area (TPSA) is 112 Å². The standard InChI is InChI=1S/C34H37F3N6O5S/c1-23-19-41(20-24(2)42(23)21-25-6-4-3-5-7-25)48-29-12-10-28(11-13-29)43(34(44)40-14-16-49(45,46)17-15-40)22-27-9-8-26(18-30(27)35)32-38-39-33(47-32)31(36)37/h3-13,18,23-24,31H,14-17,19-22H2,1-2H3/t23-,24+. The van der Waals surface area contributed by atoms with Gasteiger partial charge in [-0.1, -0.05) is 36.4 Å². The zero-order valence-electron chi connectivity index (χ0n) is 27.1. The molecule has 0 N–H and O–H groups in total. The largest absolute Gasteiger partial charge is 0.415 e. The van der Waals surface area contributed by atoms with Gasteiger partial charge in [0.1, 0.15) is 11.6 Å². The third-order valence-electron chi connectivity index (χ3n) is 8.76. The van der Waals surface area contributed by atoms with E-state index in [0.29, 0.717) is 24.5 Å². The number of carbonyl (C=O) groups excluding carboxylic acids is 1. The molecular weight excluding hydrogens is 661 g/mol. The number of hydroxylamine groups is 2. The van der Waals surface area contributed by atoms with Gasteiger partial charge in [0, 0.05) is 48.5 Å². The summed E-state index contributed by atoms with van der Waals surface area (Å²) in [4.78, 5) is 25.3. The quantitative estimate of drug-likeness (QED) is 0.222. The molecule has 11 nitrogen and oxygen atoms in total. The highest BCUT2D eigenvalue weighted by atomic mass is 32.2. The number of urea groups is 1. The van der Waals surface area contributed by atoms with Crippen molar-refractivity contribution in [3.8, 4) is 17.2 Å². The van der Waals surface area contributed by atoms with Gasteiger partial charge >= 0.3 is 12.5 Å². The molecule has 3 aromatic carbocycles. The van der Waals surface area contributed by atoms with Crippen LogP contribution < -0.4 is 9.74 Å². The van der Waals surface area contributed by atoms with Gasteiger partial charge in [0.05, 0.1) is 31.1 Å². The molecule has 2 aliphatic rings. The van der Waals surface area contributed by atoms with Gasteiger partial charge in [0.25, 0.3) is 5.89 Å². The molecule has 15 heteroatoms. The number of amides is 2. The van der Waals surface area contributed by atoms with Crippen molar-refractivity contribution in [2.75, 3.05) is 42.6 Å². The lowest BCUT2D eigenvalue weighted by molar-refractivity contribution is -0.124. The summed E-state index contributed by atoms with van der Waals surface area (Å²) in [6.45, 7) is 6.38. The predicted octanol–water partition coefficient (Wildman–Crippen LogP) is 5.56. The first kappa shape index (κ1) is 34.4. The average Bonchev–Trinajstić information content (AvgIpc) is 3.58. The maximum atomic E-state index is 15.4. The van der Waals surface area contributed by atoms with Gasteiger partial charge in [-0.15, -0.1) is 15.3 Å². The van der Waals surface area contributed by atoms with E-state index in [1.807, 2.05) is 23.3 Å². The molecule has 3 heterocycles. The highest BCUT2D eigenvalue weighted by Gasteiger charge is 2.32. The molecule has 2 saturated heterocycles. The van der Waals surface area contributed by atoms with Gasteiger partial charge in [-0.05, 0) is 55.8 Å². The number of hydrogen-bond acceptors (Lipinski definition) is 9. The van der Waals surface area contributed by atoms with E-state index in [0.717, 1.165) is 12.6 Å². The Balaban J connectivity index is 1.17. The van der Waals surface area contributed by atoms with Crippen LogP contribution in [0, 0.1) is 5.82 Å². The SMILES string of the molecule is C[C@@H]1CN(Oc2ccc(N(Cc3ccc(-c4nnc(C(F)F)o4)cc3F)C(=O)N3CCS(=O)(=O)CC3)cc2)C[C@H](C)N1Cc1ccccc1. The normalized spacial score (nSPS) is 20.0. The average molecular weight is 699 g/mol. The fourth-order valence-electron chi connectivity index (χ4n) is 6.09. The number of nitrogens with zero attached hydrogens (tertiary/aromatic N) is 6. The minimum atomic E-state index is -3.25. The molecule has 4 aromatic rings. The van der Waals surface area contributed by atoms with Crippen LogP contribution in [0.2, 0.25) is 0 Å². The minimum Gasteiger partial charge on any atom is -0.415 e. The Hall–Kier alpha value is -4.47. The first-order valence-corrected chi connectivity index (χ1v) is 17.8. The van der Waals surface area contributed by atoms with Crippen LogP contribution in [0.5, 0.6) is 5.75 Å². The molecule has 49 heavy (non-hydrogen) atoms.